The Labute approximate surface area is 186 Å². The highest BCUT2D eigenvalue weighted by molar-refractivity contribution is 6.08. The van der Waals surface area contributed by atoms with Gasteiger partial charge in [-0.1, -0.05) is 48.5 Å². The Bertz CT molecular complexity index is 1200. The van der Waals surface area contributed by atoms with E-state index in [4.69, 9.17) is 9.26 Å². The number of anilines is 2. The van der Waals surface area contributed by atoms with Gasteiger partial charge < -0.3 is 19.9 Å². The second kappa shape index (κ2) is 9.78. The molecule has 0 unspecified atom stereocenters. The zero-order chi connectivity index (χ0) is 22.3. The van der Waals surface area contributed by atoms with Crippen LogP contribution in [0.25, 0.3) is 11.4 Å². The summed E-state index contributed by atoms with van der Waals surface area (Å²) in [6.07, 6.45) is 0.954. The number of carbonyl (C=O) groups excluding carboxylic acids is 1. The molecule has 2 N–H and O–H groups in total. The van der Waals surface area contributed by atoms with Crippen LogP contribution in [0.3, 0.4) is 0 Å². The van der Waals surface area contributed by atoms with Gasteiger partial charge in [0.2, 0.25) is 11.7 Å². The van der Waals surface area contributed by atoms with Gasteiger partial charge in [-0.15, -0.1) is 0 Å². The van der Waals surface area contributed by atoms with Gasteiger partial charge in [-0.05, 0) is 48.4 Å². The van der Waals surface area contributed by atoms with Gasteiger partial charge in [-0.3, -0.25) is 4.79 Å². The summed E-state index contributed by atoms with van der Waals surface area (Å²) < 4.78 is 10.7. The van der Waals surface area contributed by atoms with E-state index in [1.54, 1.807) is 13.2 Å². The van der Waals surface area contributed by atoms with Crippen LogP contribution in [0.5, 0.6) is 5.75 Å². The van der Waals surface area contributed by atoms with Gasteiger partial charge in [0.15, 0.2) is 0 Å². The van der Waals surface area contributed by atoms with E-state index < -0.39 is 0 Å². The van der Waals surface area contributed by atoms with E-state index in [0.29, 0.717) is 28.7 Å². The summed E-state index contributed by atoms with van der Waals surface area (Å²) in [5, 5.41) is 10.2. The van der Waals surface area contributed by atoms with Gasteiger partial charge >= 0.3 is 0 Å². The predicted octanol–water partition coefficient (Wildman–Crippen LogP) is 5.17. The SMILES string of the molecule is CCc1ccc(NC(=O)c2ccccc2NCc2nc(-c3ccccc3OC)no2)cc1. The second-order valence-electron chi connectivity index (χ2n) is 7.12. The predicted molar refractivity (Wildman–Crippen MR) is 124 cm³/mol. The lowest BCUT2D eigenvalue weighted by molar-refractivity contribution is 0.102. The lowest BCUT2D eigenvalue weighted by Crippen LogP contribution is -2.14. The van der Waals surface area contributed by atoms with E-state index in [2.05, 4.69) is 27.7 Å². The quantitative estimate of drug-likeness (QED) is 0.402. The third-order valence-corrected chi connectivity index (χ3v) is 5.04. The highest BCUT2D eigenvalue weighted by Crippen LogP contribution is 2.27. The number of ether oxygens (including phenoxy) is 1. The molecule has 0 fully saturated rings. The van der Waals surface area contributed by atoms with Gasteiger partial charge in [-0.2, -0.15) is 4.98 Å². The second-order valence-corrected chi connectivity index (χ2v) is 7.12. The molecule has 7 heteroatoms. The van der Waals surface area contributed by atoms with Crippen LogP contribution in [-0.2, 0) is 13.0 Å². The van der Waals surface area contributed by atoms with Crippen molar-refractivity contribution in [3.05, 3.63) is 89.8 Å². The fourth-order valence-electron chi connectivity index (χ4n) is 3.29. The van der Waals surface area contributed by atoms with Crippen molar-refractivity contribution in [3.8, 4) is 17.1 Å². The molecule has 0 atom stereocenters. The van der Waals surface area contributed by atoms with Crippen LogP contribution in [0.2, 0.25) is 0 Å². The molecule has 1 amide bonds. The number of benzene rings is 3. The first-order valence-corrected chi connectivity index (χ1v) is 10.4. The molecule has 0 aliphatic heterocycles. The van der Waals surface area contributed by atoms with E-state index >= 15 is 0 Å². The molecule has 1 heterocycles. The Morgan fingerprint density at radius 3 is 2.53 bits per heavy atom. The van der Waals surface area contributed by atoms with Crippen LogP contribution in [0.4, 0.5) is 11.4 Å². The summed E-state index contributed by atoms with van der Waals surface area (Å²) in [5.74, 6) is 1.32. The Morgan fingerprint density at radius 2 is 1.75 bits per heavy atom. The van der Waals surface area contributed by atoms with Crippen LogP contribution in [0.15, 0.2) is 77.3 Å². The molecule has 4 aromatic rings. The summed E-state index contributed by atoms with van der Waals surface area (Å²) in [6.45, 7) is 2.37. The Kier molecular flexibility index (Phi) is 6.46. The molecule has 0 bridgehead atoms. The number of aryl methyl sites for hydroxylation is 1. The number of rotatable bonds is 8. The van der Waals surface area contributed by atoms with Crippen molar-refractivity contribution in [1.82, 2.24) is 10.1 Å². The monoisotopic (exact) mass is 428 g/mol. The molecular formula is C25H24N4O3. The van der Waals surface area contributed by atoms with Gasteiger partial charge in [0.05, 0.1) is 24.8 Å². The number of nitrogens with one attached hydrogen (secondary N) is 2. The third-order valence-electron chi connectivity index (χ3n) is 5.04. The first-order chi connectivity index (χ1) is 15.7. The first kappa shape index (κ1) is 21.1. The number of aromatic nitrogens is 2. The van der Waals surface area contributed by atoms with E-state index in [9.17, 15) is 4.79 Å². The maximum absolute atomic E-state index is 12.8. The largest absolute Gasteiger partial charge is 0.496 e. The van der Waals surface area contributed by atoms with Gasteiger partial charge in [-0.25, -0.2) is 0 Å². The standard InChI is InChI=1S/C25H24N4O3/c1-3-17-12-14-18(15-13-17)27-25(30)19-8-4-6-10-21(19)26-16-23-28-24(29-32-23)20-9-5-7-11-22(20)31-2/h4-15,26H,3,16H2,1-2H3,(H,27,30). The number of carbonyl (C=O) groups is 1. The highest BCUT2D eigenvalue weighted by atomic mass is 16.5. The first-order valence-electron chi connectivity index (χ1n) is 10.4. The van der Waals surface area contributed by atoms with Gasteiger partial charge in [0, 0.05) is 11.4 Å². The molecule has 0 aliphatic rings. The minimum atomic E-state index is -0.197. The smallest absolute Gasteiger partial charge is 0.257 e. The van der Waals surface area contributed by atoms with Gasteiger partial charge in [0.25, 0.3) is 5.91 Å². The van der Waals surface area contributed by atoms with Crippen molar-refractivity contribution >= 4 is 17.3 Å². The molecule has 1 aromatic heterocycles. The summed E-state index contributed by atoms with van der Waals surface area (Å²) in [5.41, 5.74) is 3.92. The summed E-state index contributed by atoms with van der Waals surface area (Å²) in [4.78, 5) is 17.3. The molecule has 4 rings (SSSR count). The van der Waals surface area contributed by atoms with Crippen molar-refractivity contribution in [2.45, 2.75) is 19.9 Å². The van der Waals surface area contributed by atoms with E-state index in [1.807, 2.05) is 66.7 Å². The molecule has 162 valence electrons. The molecule has 32 heavy (non-hydrogen) atoms. The van der Waals surface area contributed by atoms with Crippen LogP contribution in [0, 0.1) is 0 Å². The van der Waals surface area contributed by atoms with Gasteiger partial charge in [0.1, 0.15) is 5.75 Å². The Hall–Kier alpha value is -4.13. The van der Waals surface area contributed by atoms with Crippen molar-refractivity contribution in [3.63, 3.8) is 0 Å². The Balaban J connectivity index is 1.45. The number of para-hydroxylation sites is 2. The fourth-order valence-corrected chi connectivity index (χ4v) is 3.29. The maximum atomic E-state index is 12.8. The zero-order valence-electron chi connectivity index (χ0n) is 18.0. The summed E-state index contributed by atoms with van der Waals surface area (Å²) in [6, 6.07) is 22.6. The van der Waals surface area contributed by atoms with E-state index in [0.717, 1.165) is 17.7 Å². The third kappa shape index (κ3) is 4.78. The van der Waals surface area contributed by atoms with Crippen molar-refractivity contribution in [2.75, 3.05) is 17.7 Å². The number of hydrogen-bond acceptors (Lipinski definition) is 6. The molecule has 0 aliphatic carbocycles. The summed E-state index contributed by atoms with van der Waals surface area (Å²) >= 11 is 0. The van der Waals surface area contributed by atoms with Crippen LogP contribution >= 0.6 is 0 Å². The summed E-state index contributed by atoms with van der Waals surface area (Å²) in [7, 11) is 1.60. The lowest BCUT2D eigenvalue weighted by atomic mass is 10.1. The minimum Gasteiger partial charge on any atom is -0.496 e. The molecule has 0 saturated heterocycles. The van der Waals surface area contributed by atoms with Crippen molar-refractivity contribution in [2.24, 2.45) is 0 Å². The molecular weight excluding hydrogens is 404 g/mol. The molecule has 0 saturated carbocycles. The van der Waals surface area contributed by atoms with Crippen LogP contribution in [-0.4, -0.2) is 23.2 Å². The molecule has 0 spiro atoms. The van der Waals surface area contributed by atoms with Crippen LogP contribution in [0.1, 0.15) is 28.7 Å². The number of nitrogens with zero attached hydrogens (tertiary/aromatic N) is 2. The average molecular weight is 428 g/mol. The number of amides is 1. The topological polar surface area (TPSA) is 89.3 Å². The number of hydrogen-bond donors (Lipinski definition) is 2. The lowest BCUT2D eigenvalue weighted by Gasteiger charge is -2.11. The fraction of sp³-hybridized carbons (Fsp3) is 0.160. The molecule has 0 radical (unpaired) electrons. The zero-order valence-corrected chi connectivity index (χ0v) is 18.0. The highest BCUT2D eigenvalue weighted by Gasteiger charge is 2.15. The minimum absolute atomic E-state index is 0.197. The number of methoxy groups -OCH3 is 1. The maximum Gasteiger partial charge on any atom is 0.257 e. The molecule has 7 nitrogen and oxygen atoms in total. The molecule has 3 aromatic carbocycles. The normalized spacial score (nSPS) is 10.6. The van der Waals surface area contributed by atoms with Crippen molar-refractivity contribution < 1.29 is 14.1 Å². The van der Waals surface area contributed by atoms with E-state index in [1.165, 1.54) is 5.56 Å². The van der Waals surface area contributed by atoms with Crippen molar-refractivity contribution in [1.29, 1.82) is 0 Å². The van der Waals surface area contributed by atoms with E-state index in [-0.39, 0.29) is 12.5 Å². The Morgan fingerprint density at radius 1 is 1.00 bits per heavy atom. The van der Waals surface area contributed by atoms with Crippen LogP contribution < -0.4 is 15.4 Å². The average Bonchev–Trinajstić information content (AvgIpc) is 3.32.